The van der Waals surface area contributed by atoms with Crippen molar-refractivity contribution in [3.05, 3.63) is 48.7 Å². The first-order chi connectivity index (χ1) is 12.3. The number of aromatic nitrogens is 3. The van der Waals surface area contributed by atoms with Crippen LogP contribution < -0.4 is 10.2 Å². The maximum atomic E-state index is 11.9. The van der Waals surface area contributed by atoms with Crippen molar-refractivity contribution in [2.75, 3.05) is 31.6 Å². The van der Waals surface area contributed by atoms with Gasteiger partial charge < -0.3 is 15.0 Å². The molecule has 1 amide bonds. The molecule has 3 heterocycles. The Hall–Kier alpha value is -2.93. The fourth-order valence-corrected chi connectivity index (χ4v) is 3.06. The van der Waals surface area contributed by atoms with E-state index >= 15 is 0 Å². The summed E-state index contributed by atoms with van der Waals surface area (Å²) in [6.07, 6.45) is 1.25. The number of nitrogens with one attached hydrogen (secondary N) is 1. The summed E-state index contributed by atoms with van der Waals surface area (Å²) in [7, 11) is 1.62. The molecular weight excluding hydrogens is 318 g/mol. The molecule has 0 bridgehead atoms. The van der Waals surface area contributed by atoms with E-state index in [0.29, 0.717) is 19.7 Å². The molecule has 2 aromatic heterocycles. The topological polar surface area (TPSA) is 71.8 Å². The van der Waals surface area contributed by atoms with Gasteiger partial charge in [0.1, 0.15) is 5.82 Å². The molecule has 4 rings (SSSR count). The van der Waals surface area contributed by atoms with Crippen molar-refractivity contribution in [3.63, 3.8) is 0 Å². The van der Waals surface area contributed by atoms with Crippen molar-refractivity contribution in [3.8, 4) is 11.3 Å². The van der Waals surface area contributed by atoms with Gasteiger partial charge in [-0.15, -0.1) is 0 Å². The Labute approximate surface area is 145 Å². The van der Waals surface area contributed by atoms with E-state index in [0.717, 1.165) is 22.7 Å². The Balaban J connectivity index is 1.75. The molecule has 1 aliphatic heterocycles. The molecule has 25 heavy (non-hydrogen) atoms. The third kappa shape index (κ3) is 2.94. The minimum absolute atomic E-state index is 0.112. The second-order valence-electron chi connectivity index (χ2n) is 5.89. The number of fused-ring (bicyclic) bond motifs is 1. The van der Waals surface area contributed by atoms with Crippen molar-refractivity contribution in [1.82, 2.24) is 19.9 Å². The quantitative estimate of drug-likeness (QED) is 0.781. The van der Waals surface area contributed by atoms with E-state index in [-0.39, 0.29) is 5.91 Å². The number of ether oxygens (including phenoxy) is 1. The van der Waals surface area contributed by atoms with E-state index < -0.39 is 6.10 Å². The minimum atomic E-state index is -0.488. The average Bonchev–Trinajstić information content (AvgIpc) is 3.16. The standard InChI is InChI=1S/C18H19N5O2/c1-19-18(24)15-12-22(9-10-25-15)17-11-14(13-5-3-2-4-6-13)21-16-7-8-20-23(16)17/h2-8,11,15H,9-10,12H2,1H3,(H,19,24). The van der Waals surface area contributed by atoms with Crippen molar-refractivity contribution < 1.29 is 9.53 Å². The predicted molar refractivity (Wildman–Crippen MR) is 94.4 cm³/mol. The van der Waals surface area contributed by atoms with Crippen LogP contribution in [0.15, 0.2) is 48.7 Å². The Bertz CT molecular complexity index is 893. The fraction of sp³-hybridized carbons (Fsp3) is 0.278. The summed E-state index contributed by atoms with van der Waals surface area (Å²) >= 11 is 0. The minimum Gasteiger partial charge on any atom is -0.365 e. The average molecular weight is 337 g/mol. The Morgan fingerprint density at radius 3 is 2.92 bits per heavy atom. The van der Waals surface area contributed by atoms with E-state index in [4.69, 9.17) is 9.72 Å². The van der Waals surface area contributed by atoms with Crippen LogP contribution >= 0.6 is 0 Å². The van der Waals surface area contributed by atoms with Gasteiger partial charge in [-0.05, 0) is 0 Å². The number of likely N-dealkylation sites (N-methyl/N-ethyl adjacent to an activating group) is 1. The number of carbonyl (C=O) groups is 1. The van der Waals surface area contributed by atoms with E-state index in [2.05, 4.69) is 15.3 Å². The second kappa shape index (κ2) is 6.52. The zero-order valence-electron chi connectivity index (χ0n) is 13.9. The Morgan fingerprint density at radius 1 is 1.28 bits per heavy atom. The van der Waals surface area contributed by atoms with Crippen LogP contribution in [0.25, 0.3) is 16.9 Å². The first-order valence-corrected chi connectivity index (χ1v) is 8.24. The van der Waals surface area contributed by atoms with E-state index in [1.165, 1.54) is 0 Å². The zero-order chi connectivity index (χ0) is 17.2. The normalized spacial score (nSPS) is 17.6. The molecule has 1 unspecified atom stereocenters. The Morgan fingerprint density at radius 2 is 2.12 bits per heavy atom. The zero-order valence-corrected chi connectivity index (χ0v) is 13.9. The number of amides is 1. The maximum Gasteiger partial charge on any atom is 0.250 e. The summed E-state index contributed by atoms with van der Waals surface area (Å²) < 4.78 is 7.40. The predicted octanol–water partition coefficient (Wildman–Crippen LogP) is 1.35. The molecule has 1 saturated heterocycles. The summed E-state index contributed by atoms with van der Waals surface area (Å²) in [5.74, 6) is 0.796. The summed E-state index contributed by atoms with van der Waals surface area (Å²) in [5.41, 5.74) is 2.70. The molecule has 1 aliphatic rings. The van der Waals surface area contributed by atoms with Crippen molar-refractivity contribution >= 4 is 17.4 Å². The number of hydrogen-bond donors (Lipinski definition) is 1. The summed E-state index contributed by atoms with van der Waals surface area (Å²) in [6, 6.07) is 13.9. The fourth-order valence-electron chi connectivity index (χ4n) is 3.06. The van der Waals surface area contributed by atoms with Gasteiger partial charge in [0.2, 0.25) is 0 Å². The lowest BCUT2D eigenvalue weighted by Gasteiger charge is -2.33. The molecule has 7 heteroatoms. The number of hydrogen-bond acceptors (Lipinski definition) is 5. The first-order valence-electron chi connectivity index (χ1n) is 8.24. The van der Waals surface area contributed by atoms with Gasteiger partial charge in [-0.3, -0.25) is 4.79 Å². The van der Waals surface area contributed by atoms with Crippen LogP contribution in [0.5, 0.6) is 0 Å². The first kappa shape index (κ1) is 15.6. The number of nitrogens with zero attached hydrogens (tertiary/aromatic N) is 4. The van der Waals surface area contributed by atoms with Gasteiger partial charge in [-0.1, -0.05) is 30.3 Å². The molecule has 1 aromatic carbocycles. The van der Waals surface area contributed by atoms with Gasteiger partial charge in [0, 0.05) is 31.3 Å². The smallest absolute Gasteiger partial charge is 0.250 e. The molecule has 1 N–H and O–H groups in total. The van der Waals surface area contributed by atoms with Gasteiger partial charge in [0.15, 0.2) is 11.8 Å². The van der Waals surface area contributed by atoms with E-state index in [9.17, 15) is 4.79 Å². The van der Waals surface area contributed by atoms with Crippen LogP contribution in [0.1, 0.15) is 0 Å². The molecule has 1 fully saturated rings. The number of morpholine rings is 1. The van der Waals surface area contributed by atoms with Crippen LogP contribution in [0.4, 0.5) is 5.82 Å². The highest BCUT2D eigenvalue weighted by Crippen LogP contribution is 2.25. The highest BCUT2D eigenvalue weighted by Gasteiger charge is 2.27. The number of carbonyl (C=O) groups excluding carboxylic acids is 1. The van der Waals surface area contributed by atoms with Crippen molar-refractivity contribution in [1.29, 1.82) is 0 Å². The molecule has 128 valence electrons. The van der Waals surface area contributed by atoms with Gasteiger partial charge in [0.05, 0.1) is 25.0 Å². The van der Waals surface area contributed by atoms with Crippen LogP contribution in [0.2, 0.25) is 0 Å². The summed E-state index contributed by atoms with van der Waals surface area (Å²) in [4.78, 5) is 18.8. The molecule has 1 atom stereocenters. The Kier molecular flexibility index (Phi) is 4.07. The van der Waals surface area contributed by atoms with E-state index in [1.54, 1.807) is 17.8 Å². The molecule has 0 spiro atoms. The summed E-state index contributed by atoms with van der Waals surface area (Å²) in [6.45, 7) is 1.66. The number of benzene rings is 1. The molecule has 0 aliphatic carbocycles. The van der Waals surface area contributed by atoms with Gasteiger partial charge in [-0.2, -0.15) is 9.61 Å². The molecule has 7 nitrogen and oxygen atoms in total. The molecular formula is C18H19N5O2. The third-order valence-corrected chi connectivity index (χ3v) is 4.34. The summed E-state index contributed by atoms with van der Waals surface area (Å²) in [5, 5.41) is 7.04. The van der Waals surface area contributed by atoms with Crippen LogP contribution in [-0.4, -0.2) is 53.4 Å². The highest BCUT2D eigenvalue weighted by molar-refractivity contribution is 5.81. The van der Waals surface area contributed by atoms with Gasteiger partial charge >= 0.3 is 0 Å². The SMILES string of the molecule is CNC(=O)C1CN(c2cc(-c3ccccc3)nc3ccnn23)CCO1. The van der Waals surface area contributed by atoms with Crippen LogP contribution in [-0.2, 0) is 9.53 Å². The van der Waals surface area contributed by atoms with E-state index in [1.807, 2.05) is 42.5 Å². The lowest BCUT2D eigenvalue weighted by Crippen LogP contribution is -2.49. The largest absolute Gasteiger partial charge is 0.365 e. The van der Waals surface area contributed by atoms with Gasteiger partial charge in [-0.25, -0.2) is 4.98 Å². The maximum absolute atomic E-state index is 11.9. The monoisotopic (exact) mass is 337 g/mol. The number of anilines is 1. The third-order valence-electron chi connectivity index (χ3n) is 4.34. The lowest BCUT2D eigenvalue weighted by molar-refractivity contribution is -0.132. The van der Waals surface area contributed by atoms with Gasteiger partial charge in [0.25, 0.3) is 5.91 Å². The molecule has 0 radical (unpaired) electrons. The second-order valence-corrected chi connectivity index (χ2v) is 5.89. The number of rotatable bonds is 3. The lowest BCUT2D eigenvalue weighted by atomic mass is 10.1. The molecule has 0 saturated carbocycles. The highest BCUT2D eigenvalue weighted by atomic mass is 16.5. The molecule has 3 aromatic rings. The van der Waals surface area contributed by atoms with Crippen molar-refractivity contribution in [2.45, 2.75) is 6.10 Å². The van der Waals surface area contributed by atoms with Crippen LogP contribution in [0, 0.1) is 0 Å². The van der Waals surface area contributed by atoms with Crippen molar-refractivity contribution in [2.24, 2.45) is 0 Å². The van der Waals surface area contributed by atoms with Crippen LogP contribution in [0.3, 0.4) is 0 Å².